The summed E-state index contributed by atoms with van der Waals surface area (Å²) < 4.78 is 5.82. The van der Waals surface area contributed by atoms with Crippen molar-refractivity contribution in [3.8, 4) is 11.8 Å². The van der Waals surface area contributed by atoms with E-state index in [1.807, 2.05) is 44.2 Å². The number of nitriles is 1. The Balaban J connectivity index is 1.81. The van der Waals surface area contributed by atoms with Gasteiger partial charge in [0.25, 0.3) is 5.91 Å². The van der Waals surface area contributed by atoms with Crippen LogP contribution in [0.4, 0.5) is 17.2 Å². The molecule has 1 amide bonds. The van der Waals surface area contributed by atoms with Crippen LogP contribution in [0.25, 0.3) is 0 Å². The summed E-state index contributed by atoms with van der Waals surface area (Å²) in [6, 6.07) is 17.8. The molecule has 0 unspecified atom stereocenters. The lowest BCUT2D eigenvalue weighted by Crippen LogP contribution is -2.15. The Morgan fingerprint density at radius 2 is 1.83 bits per heavy atom. The van der Waals surface area contributed by atoms with Gasteiger partial charge in [-0.15, -0.1) is 0 Å². The monoisotopic (exact) mass is 387 g/mol. The molecule has 0 aliphatic carbocycles. The first-order valence-corrected chi connectivity index (χ1v) is 9.14. The molecular formula is C22H21N5O2. The third-order valence-electron chi connectivity index (χ3n) is 3.85. The number of para-hydroxylation sites is 2. The third-order valence-corrected chi connectivity index (χ3v) is 3.85. The average Bonchev–Trinajstić information content (AvgIpc) is 2.69. The Hall–Kier alpha value is -3.92. The average molecular weight is 387 g/mol. The number of ether oxygens (including phenoxy) is 1. The van der Waals surface area contributed by atoms with Crippen molar-refractivity contribution < 1.29 is 9.53 Å². The van der Waals surface area contributed by atoms with Crippen molar-refractivity contribution in [2.75, 3.05) is 10.6 Å². The minimum Gasteiger partial charge on any atom is -0.489 e. The van der Waals surface area contributed by atoms with Gasteiger partial charge in [0, 0.05) is 11.8 Å². The van der Waals surface area contributed by atoms with E-state index in [0.717, 1.165) is 5.69 Å². The summed E-state index contributed by atoms with van der Waals surface area (Å²) in [6.45, 7) is 5.63. The van der Waals surface area contributed by atoms with E-state index in [0.29, 0.717) is 28.6 Å². The smallest absolute Gasteiger partial charge is 0.274 e. The van der Waals surface area contributed by atoms with Crippen LogP contribution < -0.4 is 15.4 Å². The molecule has 29 heavy (non-hydrogen) atoms. The molecule has 2 aromatic carbocycles. The normalized spacial score (nSPS) is 10.3. The van der Waals surface area contributed by atoms with Gasteiger partial charge in [0.05, 0.1) is 23.4 Å². The standard InChI is InChI=1S/C22H21N5O2/c1-14(2)29-20-7-5-4-6-18(20)27-21-12-19(24-15(3)25-21)22(28)26-17-10-8-16(13-23)9-11-17/h4-12,14H,1-3H3,(H,26,28)(H,24,25,27). The van der Waals surface area contributed by atoms with Crippen molar-refractivity contribution >= 4 is 23.1 Å². The molecule has 0 aliphatic heterocycles. The summed E-state index contributed by atoms with van der Waals surface area (Å²) in [5, 5.41) is 14.8. The van der Waals surface area contributed by atoms with Crippen LogP contribution in [-0.2, 0) is 0 Å². The molecule has 0 fully saturated rings. The predicted octanol–water partition coefficient (Wildman–Crippen LogP) is 4.44. The molecule has 7 heteroatoms. The van der Waals surface area contributed by atoms with Crippen molar-refractivity contribution in [3.05, 3.63) is 71.7 Å². The second-order valence-corrected chi connectivity index (χ2v) is 6.62. The molecular weight excluding hydrogens is 366 g/mol. The Morgan fingerprint density at radius 3 is 2.52 bits per heavy atom. The van der Waals surface area contributed by atoms with Gasteiger partial charge >= 0.3 is 0 Å². The maximum absolute atomic E-state index is 12.6. The minimum atomic E-state index is -0.366. The number of aromatic nitrogens is 2. The molecule has 0 atom stereocenters. The molecule has 0 saturated heterocycles. The number of nitrogens with one attached hydrogen (secondary N) is 2. The van der Waals surface area contributed by atoms with E-state index in [2.05, 4.69) is 20.6 Å². The van der Waals surface area contributed by atoms with Crippen molar-refractivity contribution in [2.45, 2.75) is 26.9 Å². The number of anilines is 3. The molecule has 2 N–H and O–H groups in total. The predicted molar refractivity (Wildman–Crippen MR) is 111 cm³/mol. The number of benzene rings is 2. The molecule has 0 aliphatic rings. The van der Waals surface area contributed by atoms with Crippen molar-refractivity contribution in [1.82, 2.24) is 9.97 Å². The zero-order valence-electron chi connectivity index (χ0n) is 16.4. The second kappa shape index (κ2) is 8.85. The van der Waals surface area contributed by atoms with Gasteiger partial charge in [0.2, 0.25) is 0 Å². The van der Waals surface area contributed by atoms with Gasteiger partial charge in [-0.3, -0.25) is 4.79 Å². The topological polar surface area (TPSA) is 99.9 Å². The summed E-state index contributed by atoms with van der Waals surface area (Å²) in [6.07, 6.45) is 0.0267. The largest absolute Gasteiger partial charge is 0.489 e. The van der Waals surface area contributed by atoms with Crippen LogP contribution in [0.3, 0.4) is 0 Å². The number of rotatable bonds is 6. The highest BCUT2D eigenvalue weighted by atomic mass is 16.5. The second-order valence-electron chi connectivity index (χ2n) is 6.62. The van der Waals surface area contributed by atoms with Gasteiger partial charge in [-0.2, -0.15) is 5.26 Å². The van der Waals surface area contributed by atoms with E-state index in [4.69, 9.17) is 10.00 Å². The lowest BCUT2D eigenvalue weighted by atomic mass is 10.2. The Labute approximate surface area is 169 Å². The summed E-state index contributed by atoms with van der Waals surface area (Å²) in [7, 11) is 0. The molecule has 0 radical (unpaired) electrons. The van der Waals surface area contributed by atoms with E-state index >= 15 is 0 Å². The maximum atomic E-state index is 12.6. The third kappa shape index (κ3) is 5.30. The number of carbonyl (C=O) groups is 1. The molecule has 1 aromatic heterocycles. The summed E-state index contributed by atoms with van der Waals surface area (Å²) >= 11 is 0. The molecule has 1 heterocycles. The van der Waals surface area contributed by atoms with E-state index in [1.165, 1.54) is 0 Å². The molecule has 0 bridgehead atoms. The van der Waals surface area contributed by atoms with E-state index in [-0.39, 0.29) is 17.7 Å². The maximum Gasteiger partial charge on any atom is 0.274 e. The quantitative estimate of drug-likeness (QED) is 0.649. The number of nitrogens with zero attached hydrogens (tertiary/aromatic N) is 3. The van der Waals surface area contributed by atoms with Gasteiger partial charge in [-0.25, -0.2) is 9.97 Å². The van der Waals surface area contributed by atoms with Gasteiger partial charge in [0.15, 0.2) is 0 Å². The SMILES string of the molecule is Cc1nc(Nc2ccccc2OC(C)C)cc(C(=O)Nc2ccc(C#N)cc2)n1. The fourth-order valence-electron chi connectivity index (χ4n) is 2.64. The van der Waals surface area contributed by atoms with E-state index < -0.39 is 0 Å². The number of carbonyl (C=O) groups excluding carboxylic acids is 1. The Bertz CT molecular complexity index is 1060. The van der Waals surface area contributed by atoms with Crippen molar-refractivity contribution in [3.63, 3.8) is 0 Å². The Morgan fingerprint density at radius 1 is 1.10 bits per heavy atom. The van der Waals surface area contributed by atoms with Crippen molar-refractivity contribution in [1.29, 1.82) is 5.26 Å². The molecule has 3 aromatic rings. The number of hydrogen-bond donors (Lipinski definition) is 2. The highest BCUT2D eigenvalue weighted by Gasteiger charge is 2.13. The summed E-state index contributed by atoms with van der Waals surface area (Å²) in [5.74, 6) is 1.28. The summed E-state index contributed by atoms with van der Waals surface area (Å²) in [4.78, 5) is 21.2. The first-order chi connectivity index (χ1) is 13.9. The fraction of sp³-hybridized carbons (Fsp3) is 0.182. The number of aryl methyl sites for hydroxylation is 1. The lowest BCUT2D eigenvalue weighted by molar-refractivity contribution is 0.102. The molecule has 3 rings (SSSR count). The molecule has 146 valence electrons. The highest BCUT2D eigenvalue weighted by Crippen LogP contribution is 2.28. The highest BCUT2D eigenvalue weighted by molar-refractivity contribution is 6.03. The molecule has 0 saturated carbocycles. The van der Waals surface area contributed by atoms with E-state index in [9.17, 15) is 4.79 Å². The van der Waals surface area contributed by atoms with Crippen molar-refractivity contribution in [2.24, 2.45) is 0 Å². The first-order valence-electron chi connectivity index (χ1n) is 9.14. The van der Waals surface area contributed by atoms with Gasteiger partial charge < -0.3 is 15.4 Å². The fourth-order valence-corrected chi connectivity index (χ4v) is 2.64. The van der Waals surface area contributed by atoms with Crippen LogP contribution in [0.2, 0.25) is 0 Å². The Kier molecular flexibility index (Phi) is 6.05. The van der Waals surface area contributed by atoms with Crippen LogP contribution in [0.15, 0.2) is 54.6 Å². The van der Waals surface area contributed by atoms with Gasteiger partial charge in [-0.05, 0) is 57.2 Å². The van der Waals surface area contributed by atoms with Gasteiger partial charge in [-0.1, -0.05) is 12.1 Å². The number of hydrogen-bond acceptors (Lipinski definition) is 6. The van der Waals surface area contributed by atoms with Crippen LogP contribution >= 0.6 is 0 Å². The van der Waals surface area contributed by atoms with E-state index in [1.54, 1.807) is 37.3 Å². The van der Waals surface area contributed by atoms with Crippen LogP contribution in [0.5, 0.6) is 5.75 Å². The van der Waals surface area contributed by atoms with Crippen LogP contribution in [0, 0.1) is 18.3 Å². The number of amides is 1. The van der Waals surface area contributed by atoms with Gasteiger partial charge in [0.1, 0.15) is 23.1 Å². The van der Waals surface area contributed by atoms with Crippen LogP contribution in [0.1, 0.15) is 35.7 Å². The lowest BCUT2D eigenvalue weighted by Gasteiger charge is -2.15. The minimum absolute atomic E-state index is 0.0267. The zero-order chi connectivity index (χ0) is 20.8. The summed E-state index contributed by atoms with van der Waals surface area (Å²) in [5.41, 5.74) is 2.08. The van der Waals surface area contributed by atoms with Crippen LogP contribution in [-0.4, -0.2) is 22.0 Å². The molecule has 7 nitrogen and oxygen atoms in total. The first kappa shape index (κ1) is 19.8. The molecule has 0 spiro atoms. The zero-order valence-corrected chi connectivity index (χ0v) is 16.4.